The van der Waals surface area contributed by atoms with Crippen molar-refractivity contribution in [3.63, 3.8) is 0 Å². The van der Waals surface area contributed by atoms with Crippen molar-refractivity contribution < 1.29 is 28.2 Å². The van der Waals surface area contributed by atoms with Gasteiger partial charge in [0, 0.05) is 10.5 Å². The average Bonchev–Trinajstić information content (AvgIpc) is 2.63. The zero-order valence-corrected chi connectivity index (χ0v) is 16.5. The molecule has 5 nitrogen and oxygen atoms in total. The van der Waals surface area contributed by atoms with Crippen LogP contribution in [0.2, 0.25) is 0 Å². The average molecular weight is 402 g/mol. The number of thioether (sulfide) groups is 1. The smallest absolute Gasteiger partial charge is 0.371 e. The first-order chi connectivity index (χ1) is 13.1. The molecule has 28 heavy (non-hydrogen) atoms. The first-order valence-electron chi connectivity index (χ1n) is 8.27. The Labute approximate surface area is 166 Å². The van der Waals surface area contributed by atoms with Crippen LogP contribution in [0.1, 0.15) is 31.1 Å². The zero-order valence-electron chi connectivity index (χ0n) is 15.7. The van der Waals surface area contributed by atoms with E-state index in [4.69, 9.17) is 9.47 Å². The second-order valence-corrected chi connectivity index (χ2v) is 7.87. The van der Waals surface area contributed by atoms with Crippen LogP contribution in [0.4, 0.5) is 4.39 Å². The van der Waals surface area contributed by atoms with Crippen molar-refractivity contribution in [1.29, 1.82) is 0 Å². The Morgan fingerprint density at radius 2 is 1.39 bits per heavy atom. The Morgan fingerprint density at radius 1 is 0.893 bits per heavy atom. The van der Waals surface area contributed by atoms with Crippen LogP contribution in [0.3, 0.4) is 0 Å². The van der Waals surface area contributed by atoms with E-state index in [-0.39, 0.29) is 16.8 Å². The molecule has 7 heteroatoms. The second kappa shape index (κ2) is 8.84. The van der Waals surface area contributed by atoms with E-state index in [2.05, 4.69) is 6.58 Å². The predicted molar refractivity (Wildman–Crippen MR) is 104 cm³/mol. The molecule has 0 unspecified atom stereocenters. The molecule has 0 saturated heterocycles. The summed E-state index contributed by atoms with van der Waals surface area (Å²) in [5, 5.41) is -0.229. The van der Waals surface area contributed by atoms with Gasteiger partial charge in [0.05, 0.1) is 5.41 Å². The molecular formula is C21H19FO5S. The minimum Gasteiger partial charge on any atom is -0.426 e. The summed E-state index contributed by atoms with van der Waals surface area (Å²) in [6.07, 6.45) is 0. The van der Waals surface area contributed by atoms with Gasteiger partial charge in [-0.1, -0.05) is 6.58 Å². The van der Waals surface area contributed by atoms with Crippen LogP contribution in [-0.4, -0.2) is 17.1 Å². The van der Waals surface area contributed by atoms with Gasteiger partial charge in [0.1, 0.15) is 11.5 Å². The Morgan fingerprint density at radius 3 is 1.89 bits per heavy atom. The van der Waals surface area contributed by atoms with E-state index in [9.17, 15) is 18.8 Å². The number of carbonyl (C=O) groups excluding carboxylic acids is 3. The van der Waals surface area contributed by atoms with Gasteiger partial charge in [-0.3, -0.25) is 9.59 Å². The van der Waals surface area contributed by atoms with E-state index in [0.29, 0.717) is 16.2 Å². The van der Waals surface area contributed by atoms with Crippen molar-refractivity contribution in [3.8, 4) is 11.5 Å². The molecule has 0 aliphatic carbocycles. The number of carbonyl (C=O) groups is 3. The van der Waals surface area contributed by atoms with Crippen LogP contribution >= 0.6 is 11.8 Å². The maximum atomic E-state index is 12.6. The van der Waals surface area contributed by atoms with Gasteiger partial charge in [-0.05, 0) is 81.1 Å². The van der Waals surface area contributed by atoms with Gasteiger partial charge in [-0.2, -0.15) is 4.39 Å². The summed E-state index contributed by atoms with van der Waals surface area (Å²) in [6, 6.07) is 12.3. The molecule has 2 rings (SSSR count). The lowest BCUT2D eigenvalue weighted by molar-refractivity contribution is -0.143. The van der Waals surface area contributed by atoms with E-state index >= 15 is 0 Å². The number of ether oxygens (including phenoxy) is 2. The lowest BCUT2D eigenvalue weighted by Gasteiger charge is -2.16. The first kappa shape index (κ1) is 21.4. The highest BCUT2D eigenvalue weighted by molar-refractivity contribution is 8.14. The number of hydrogen-bond donors (Lipinski definition) is 0. The number of esters is 2. The molecule has 146 valence electrons. The van der Waals surface area contributed by atoms with Crippen LogP contribution < -0.4 is 9.47 Å². The Bertz CT molecular complexity index is 896. The lowest BCUT2D eigenvalue weighted by Crippen LogP contribution is -2.25. The Kier molecular flexibility index (Phi) is 6.75. The maximum Gasteiger partial charge on any atom is 0.371 e. The number of hydrogen-bond acceptors (Lipinski definition) is 6. The summed E-state index contributed by atoms with van der Waals surface area (Å²) >= 11 is 0.993. The van der Waals surface area contributed by atoms with Gasteiger partial charge in [0.25, 0.3) is 0 Å². The van der Waals surface area contributed by atoms with Crippen LogP contribution in [0, 0.1) is 5.41 Å². The number of benzene rings is 2. The minimum atomic E-state index is -1.20. The van der Waals surface area contributed by atoms with Crippen molar-refractivity contribution >= 4 is 28.8 Å². The van der Waals surface area contributed by atoms with Crippen LogP contribution in [0.25, 0.3) is 0 Å². The van der Waals surface area contributed by atoms with Crippen LogP contribution in [0.15, 0.2) is 65.8 Å². The third kappa shape index (κ3) is 6.06. The predicted octanol–water partition coefficient (Wildman–Crippen LogP) is 4.96. The fourth-order valence-electron chi connectivity index (χ4n) is 1.82. The molecular weight excluding hydrogens is 383 g/mol. The summed E-state index contributed by atoms with van der Waals surface area (Å²) in [6.45, 7) is 8.14. The maximum absolute atomic E-state index is 12.6. The summed E-state index contributed by atoms with van der Waals surface area (Å²) in [7, 11) is 0. The van der Waals surface area contributed by atoms with Gasteiger partial charge in [0.2, 0.25) is 10.9 Å². The highest BCUT2D eigenvalue weighted by Gasteiger charge is 2.23. The molecule has 2 aromatic carbocycles. The monoisotopic (exact) mass is 402 g/mol. The standard InChI is InChI=1S/C21H19FO5S/c1-13(22)18(23)26-15-7-5-14(6-8-15)19(24)28-17-11-9-16(10-12-17)27-20(25)21(2,3)4/h5-12H,1H2,2-4H3. The topological polar surface area (TPSA) is 69.7 Å². The first-order valence-corrected chi connectivity index (χ1v) is 9.09. The quantitative estimate of drug-likeness (QED) is 0.305. The van der Waals surface area contributed by atoms with E-state index < -0.39 is 17.2 Å². The molecule has 0 heterocycles. The molecule has 0 bridgehead atoms. The zero-order chi connectivity index (χ0) is 20.9. The van der Waals surface area contributed by atoms with E-state index in [1.807, 2.05) is 0 Å². The molecule has 0 amide bonds. The van der Waals surface area contributed by atoms with Crippen molar-refractivity contribution in [1.82, 2.24) is 0 Å². The summed E-state index contributed by atoms with van der Waals surface area (Å²) in [5.74, 6) is -2.22. The summed E-state index contributed by atoms with van der Waals surface area (Å²) < 4.78 is 22.6. The summed E-state index contributed by atoms with van der Waals surface area (Å²) in [5.41, 5.74) is -0.228. The molecule has 0 aliphatic rings. The highest BCUT2D eigenvalue weighted by Crippen LogP contribution is 2.27. The highest BCUT2D eigenvalue weighted by atomic mass is 32.2. The van der Waals surface area contributed by atoms with Crippen LogP contribution in [-0.2, 0) is 9.59 Å². The van der Waals surface area contributed by atoms with Crippen molar-refractivity contribution in [2.45, 2.75) is 25.7 Å². The number of rotatable bonds is 5. The minimum absolute atomic E-state index is 0.107. The SMILES string of the molecule is C=C(F)C(=O)Oc1ccc(C(=O)Sc2ccc(OC(=O)C(C)(C)C)cc2)cc1. The molecule has 0 aromatic heterocycles. The number of halogens is 1. The molecule has 0 spiro atoms. The van der Waals surface area contributed by atoms with Gasteiger partial charge in [-0.25, -0.2) is 4.79 Å². The normalized spacial score (nSPS) is 10.9. The molecule has 2 aromatic rings. The van der Waals surface area contributed by atoms with E-state index in [1.165, 1.54) is 24.3 Å². The molecule has 0 aliphatic heterocycles. The molecule has 0 N–H and O–H groups in total. The van der Waals surface area contributed by atoms with Crippen molar-refractivity contribution in [2.75, 3.05) is 0 Å². The van der Waals surface area contributed by atoms with Gasteiger partial charge >= 0.3 is 11.9 Å². The summed E-state index contributed by atoms with van der Waals surface area (Å²) in [4.78, 5) is 36.0. The fourth-order valence-corrected chi connectivity index (χ4v) is 2.56. The Balaban J connectivity index is 1.98. The third-order valence-corrected chi connectivity index (χ3v) is 4.31. The van der Waals surface area contributed by atoms with Crippen LogP contribution in [0.5, 0.6) is 11.5 Å². The van der Waals surface area contributed by atoms with Gasteiger partial charge in [0.15, 0.2) is 0 Å². The van der Waals surface area contributed by atoms with Gasteiger partial charge < -0.3 is 9.47 Å². The van der Waals surface area contributed by atoms with Crippen molar-refractivity contribution in [3.05, 3.63) is 66.5 Å². The van der Waals surface area contributed by atoms with Gasteiger partial charge in [-0.15, -0.1) is 0 Å². The van der Waals surface area contributed by atoms with Crippen molar-refractivity contribution in [2.24, 2.45) is 5.41 Å². The lowest BCUT2D eigenvalue weighted by atomic mass is 9.97. The van der Waals surface area contributed by atoms with E-state index in [0.717, 1.165) is 11.8 Å². The molecule has 0 radical (unpaired) electrons. The third-order valence-electron chi connectivity index (χ3n) is 3.38. The van der Waals surface area contributed by atoms with E-state index in [1.54, 1.807) is 45.0 Å². The Hall–Kier alpha value is -2.93. The molecule has 0 saturated carbocycles. The fraction of sp³-hybridized carbons (Fsp3) is 0.190. The molecule has 0 atom stereocenters. The second-order valence-electron chi connectivity index (χ2n) is 6.82. The molecule has 0 fully saturated rings. The largest absolute Gasteiger partial charge is 0.426 e.